The van der Waals surface area contributed by atoms with Crippen LogP contribution in [0.1, 0.15) is 44.5 Å². The molecule has 0 aromatic heterocycles. The van der Waals surface area contributed by atoms with Gasteiger partial charge in [-0.2, -0.15) is 0 Å². The van der Waals surface area contributed by atoms with Crippen molar-refractivity contribution in [2.45, 2.75) is 62.6 Å². The summed E-state index contributed by atoms with van der Waals surface area (Å²) in [6.45, 7) is 8.79. The maximum Gasteiger partial charge on any atom is 0.338 e. The molecule has 0 saturated carbocycles. The Kier molecular flexibility index (Phi) is 9.99. The van der Waals surface area contributed by atoms with Crippen molar-refractivity contribution in [1.82, 2.24) is 4.90 Å². The van der Waals surface area contributed by atoms with E-state index in [0.29, 0.717) is 18.7 Å². The van der Waals surface area contributed by atoms with Gasteiger partial charge in [0.1, 0.15) is 12.7 Å². The highest BCUT2D eigenvalue weighted by molar-refractivity contribution is 14.1. The first-order valence-corrected chi connectivity index (χ1v) is 11.7. The van der Waals surface area contributed by atoms with Gasteiger partial charge in [-0.05, 0) is 39.8 Å². The predicted molar refractivity (Wildman–Crippen MR) is 121 cm³/mol. The number of benzene rings is 1. The van der Waals surface area contributed by atoms with E-state index in [1.165, 1.54) is 0 Å². The summed E-state index contributed by atoms with van der Waals surface area (Å²) in [7, 11) is 0. The molecule has 0 bridgehead atoms. The molecule has 1 aliphatic heterocycles. The van der Waals surface area contributed by atoms with Crippen molar-refractivity contribution in [3.05, 3.63) is 35.9 Å². The number of aliphatic hydroxyl groups is 1. The van der Waals surface area contributed by atoms with Crippen LogP contribution in [0, 0.1) is 5.92 Å². The molecule has 1 heterocycles. The van der Waals surface area contributed by atoms with Crippen LogP contribution in [-0.2, 0) is 19.0 Å². The Morgan fingerprint density at radius 3 is 2.40 bits per heavy atom. The normalized spacial score (nSPS) is 26.4. The van der Waals surface area contributed by atoms with Gasteiger partial charge in [0.25, 0.3) is 0 Å². The second-order valence-corrected chi connectivity index (χ2v) is 9.00. The van der Waals surface area contributed by atoms with Crippen molar-refractivity contribution in [2.75, 3.05) is 19.7 Å². The van der Waals surface area contributed by atoms with E-state index < -0.39 is 24.5 Å². The van der Waals surface area contributed by atoms with Crippen LogP contribution in [0.3, 0.4) is 0 Å². The minimum Gasteiger partial charge on any atom is -0.459 e. The zero-order chi connectivity index (χ0) is 22.3. The Labute approximate surface area is 192 Å². The quantitative estimate of drug-likeness (QED) is 0.299. The predicted octanol–water partition coefficient (Wildman–Crippen LogP) is 3.03. The van der Waals surface area contributed by atoms with Crippen LogP contribution < -0.4 is 0 Å². The SMILES string of the molecule is CCN(CC)C(=O)C[C@H]1[C@@H](I)[C@H](O)[C@@H](OC(C)C)O[C@@H]1COC(=O)c1ccccc1. The molecule has 0 radical (unpaired) electrons. The number of carbonyl (C=O) groups excluding carboxylic acids is 2. The molecule has 0 aliphatic carbocycles. The van der Waals surface area contributed by atoms with Gasteiger partial charge in [0, 0.05) is 29.4 Å². The Morgan fingerprint density at radius 2 is 1.83 bits per heavy atom. The average molecular weight is 533 g/mol. The van der Waals surface area contributed by atoms with Gasteiger partial charge in [0.2, 0.25) is 5.91 Å². The topological polar surface area (TPSA) is 85.3 Å². The number of nitrogens with zero attached hydrogens (tertiary/aromatic N) is 1. The van der Waals surface area contributed by atoms with Crippen LogP contribution in [0.5, 0.6) is 0 Å². The Bertz CT molecular complexity index is 681. The number of esters is 1. The van der Waals surface area contributed by atoms with Crippen molar-refractivity contribution in [3.8, 4) is 0 Å². The van der Waals surface area contributed by atoms with Crippen LogP contribution in [0.4, 0.5) is 0 Å². The molecule has 8 heteroatoms. The highest BCUT2D eigenvalue weighted by Gasteiger charge is 2.46. The molecule has 1 aliphatic rings. The van der Waals surface area contributed by atoms with Gasteiger partial charge in [0.05, 0.1) is 17.8 Å². The molecule has 2 rings (SSSR count). The first-order valence-electron chi connectivity index (χ1n) is 10.4. The van der Waals surface area contributed by atoms with Crippen molar-refractivity contribution >= 4 is 34.5 Å². The Balaban J connectivity index is 2.15. The molecule has 30 heavy (non-hydrogen) atoms. The van der Waals surface area contributed by atoms with Crippen molar-refractivity contribution < 1.29 is 28.9 Å². The van der Waals surface area contributed by atoms with E-state index >= 15 is 0 Å². The summed E-state index contributed by atoms with van der Waals surface area (Å²) in [5, 5.41) is 10.7. The molecule has 168 valence electrons. The second kappa shape index (κ2) is 12.0. The van der Waals surface area contributed by atoms with E-state index in [4.69, 9.17) is 14.2 Å². The molecule has 1 saturated heterocycles. The third kappa shape index (κ3) is 6.63. The van der Waals surface area contributed by atoms with Gasteiger partial charge in [-0.1, -0.05) is 40.8 Å². The van der Waals surface area contributed by atoms with Crippen LogP contribution in [0.15, 0.2) is 30.3 Å². The van der Waals surface area contributed by atoms with Gasteiger partial charge in [-0.15, -0.1) is 0 Å². The second-order valence-electron chi connectivity index (χ2n) is 7.56. The Hall–Kier alpha value is -1.23. The van der Waals surface area contributed by atoms with E-state index in [9.17, 15) is 14.7 Å². The van der Waals surface area contributed by atoms with Gasteiger partial charge in [-0.3, -0.25) is 4.79 Å². The number of hydrogen-bond donors (Lipinski definition) is 1. The summed E-state index contributed by atoms with van der Waals surface area (Å²) < 4.78 is 16.9. The first-order chi connectivity index (χ1) is 14.3. The summed E-state index contributed by atoms with van der Waals surface area (Å²) in [6, 6.07) is 8.72. The zero-order valence-corrected chi connectivity index (χ0v) is 20.2. The summed E-state index contributed by atoms with van der Waals surface area (Å²) in [5.74, 6) is -0.778. The lowest BCUT2D eigenvalue weighted by Gasteiger charge is -2.43. The number of amides is 1. The molecule has 1 N–H and O–H groups in total. The summed E-state index contributed by atoms with van der Waals surface area (Å²) in [5.41, 5.74) is 0.449. The summed E-state index contributed by atoms with van der Waals surface area (Å²) >= 11 is 2.15. The largest absolute Gasteiger partial charge is 0.459 e. The fraction of sp³-hybridized carbons (Fsp3) is 0.636. The smallest absolute Gasteiger partial charge is 0.338 e. The molecule has 1 aromatic carbocycles. The van der Waals surface area contributed by atoms with Crippen LogP contribution >= 0.6 is 22.6 Å². The van der Waals surface area contributed by atoms with Crippen LogP contribution in [0.25, 0.3) is 0 Å². The third-order valence-electron chi connectivity index (χ3n) is 5.12. The zero-order valence-electron chi connectivity index (χ0n) is 18.0. The lowest BCUT2D eigenvalue weighted by atomic mass is 9.88. The molecule has 1 fully saturated rings. The van der Waals surface area contributed by atoms with Gasteiger partial charge in [-0.25, -0.2) is 4.79 Å². The molecule has 1 amide bonds. The van der Waals surface area contributed by atoms with E-state index in [1.54, 1.807) is 29.2 Å². The van der Waals surface area contributed by atoms with Crippen LogP contribution in [0.2, 0.25) is 0 Å². The van der Waals surface area contributed by atoms with Gasteiger partial charge < -0.3 is 24.2 Å². The Morgan fingerprint density at radius 1 is 1.20 bits per heavy atom. The van der Waals surface area contributed by atoms with E-state index in [1.807, 2.05) is 33.8 Å². The molecular formula is C22H32INO6. The number of hydrogen-bond acceptors (Lipinski definition) is 6. The van der Waals surface area contributed by atoms with Crippen molar-refractivity contribution in [2.24, 2.45) is 5.92 Å². The summed E-state index contributed by atoms with van der Waals surface area (Å²) in [4.78, 5) is 26.9. The van der Waals surface area contributed by atoms with E-state index in [0.717, 1.165) is 0 Å². The number of alkyl halides is 1. The third-order valence-corrected chi connectivity index (χ3v) is 6.78. The maximum atomic E-state index is 12.7. The molecule has 7 nitrogen and oxygen atoms in total. The number of aliphatic hydroxyl groups excluding tert-OH is 1. The highest BCUT2D eigenvalue weighted by atomic mass is 127. The van der Waals surface area contributed by atoms with Crippen molar-refractivity contribution in [1.29, 1.82) is 0 Å². The number of halogens is 1. The molecule has 0 spiro atoms. The highest BCUT2D eigenvalue weighted by Crippen LogP contribution is 2.35. The lowest BCUT2D eigenvalue weighted by molar-refractivity contribution is -0.266. The minimum absolute atomic E-state index is 0.00919. The van der Waals surface area contributed by atoms with E-state index in [2.05, 4.69) is 22.6 Å². The molecule has 1 aromatic rings. The fourth-order valence-corrected chi connectivity index (χ4v) is 4.53. The number of ether oxygens (including phenoxy) is 3. The van der Waals surface area contributed by atoms with Crippen LogP contribution in [-0.4, -0.2) is 70.1 Å². The van der Waals surface area contributed by atoms with Crippen molar-refractivity contribution in [3.63, 3.8) is 0 Å². The van der Waals surface area contributed by atoms with E-state index in [-0.39, 0.29) is 34.9 Å². The molecule has 0 unspecified atom stereocenters. The average Bonchev–Trinajstić information content (AvgIpc) is 2.73. The summed E-state index contributed by atoms with van der Waals surface area (Å²) in [6.07, 6.45) is -2.23. The maximum absolute atomic E-state index is 12.7. The lowest BCUT2D eigenvalue weighted by Crippen LogP contribution is -2.55. The number of carbonyl (C=O) groups is 2. The monoisotopic (exact) mass is 533 g/mol. The number of rotatable bonds is 9. The molecule has 5 atom stereocenters. The standard InChI is InChI=1S/C22H32INO6/c1-5-24(6-2)18(25)12-16-17(13-28-21(27)15-10-8-7-9-11-15)30-22(29-14(3)4)20(26)19(16)23/h7-11,14,16-17,19-20,22,26H,5-6,12-13H2,1-4H3/t16-,17-,19-,20+,22+/m1/s1. The first kappa shape index (κ1) is 25.0. The fourth-order valence-electron chi connectivity index (χ4n) is 3.47. The molecular weight excluding hydrogens is 501 g/mol. The van der Waals surface area contributed by atoms with Gasteiger partial charge >= 0.3 is 5.97 Å². The van der Waals surface area contributed by atoms with Gasteiger partial charge in [0.15, 0.2) is 6.29 Å². The minimum atomic E-state index is -0.886.